The van der Waals surface area contributed by atoms with Crippen molar-refractivity contribution in [3.05, 3.63) is 0 Å². The molecule has 1 saturated carbocycles. The molecule has 0 aromatic carbocycles. The summed E-state index contributed by atoms with van der Waals surface area (Å²) < 4.78 is 4.60. The van der Waals surface area contributed by atoms with Crippen molar-refractivity contribution >= 4 is 5.97 Å². The Hall–Kier alpha value is -0.570. The Bertz CT molecular complexity index is 155. The molecule has 0 heterocycles. The van der Waals surface area contributed by atoms with E-state index in [-0.39, 0.29) is 5.97 Å². The fourth-order valence-corrected chi connectivity index (χ4v) is 1.22. The Balaban J connectivity index is 2.18. The van der Waals surface area contributed by atoms with Crippen molar-refractivity contribution in [2.75, 3.05) is 26.7 Å². The second-order valence-corrected chi connectivity index (χ2v) is 3.35. The van der Waals surface area contributed by atoms with E-state index in [2.05, 4.69) is 16.6 Å². The van der Waals surface area contributed by atoms with Crippen molar-refractivity contribution in [2.24, 2.45) is 5.92 Å². The molecular formula is C9H17NO2. The number of rotatable bonds is 5. The van der Waals surface area contributed by atoms with Crippen molar-refractivity contribution in [1.29, 1.82) is 0 Å². The van der Waals surface area contributed by atoms with Gasteiger partial charge in [-0.05, 0) is 25.3 Å². The minimum atomic E-state index is -0.127. The molecule has 0 aromatic heterocycles. The molecule has 1 aliphatic carbocycles. The Kier molecular flexibility index (Phi) is 3.53. The van der Waals surface area contributed by atoms with Crippen molar-refractivity contribution in [1.82, 2.24) is 4.90 Å². The predicted molar refractivity (Wildman–Crippen MR) is 46.9 cm³/mol. The molecule has 0 unspecified atom stereocenters. The Morgan fingerprint density at radius 1 is 1.58 bits per heavy atom. The molecule has 0 aliphatic heterocycles. The van der Waals surface area contributed by atoms with Crippen molar-refractivity contribution < 1.29 is 9.53 Å². The summed E-state index contributed by atoms with van der Waals surface area (Å²) in [6, 6.07) is 0. The zero-order chi connectivity index (χ0) is 8.97. The average Bonchev–Trinajstić information content (AvgIpc) is 2.86. The van der Waals surface area contributed by atoms with Crippen LogP contribution in [0.4, 0.5) is 0 Å². The number of carbonyl (C=O) groups is 1. The lowest BCUT2D eigenvalue weighted by atomic mass is 10.3. The molecule has 3 heteroatoms. The van der Waals surface area contributed by atoms with Crippen LogP contribution in [0.15, 0.2) is 0 Å². The van der Waals surface area contributed by atoms with Gasteiger partial charge in [0.05, 0.1) is 13.7 Å². The summed E-state index contributed by atoms with van der Waals surface area (Å²) in [5.74, 6) is 0.715. The maximum Gasteiger partial charge on any atom is 0.319 e. The maximum absolute atomic E-state index is 10.9. The van der Waals surface area contributed by atoms with Gasteiger partial charge in [-0.1, -0.05) is 6.92 Å². The molecule has 0 radical (unpaired) electrons. The van der Waals surface area contributed by atoms with Gasteiger partial charge in [-0.15, -0.1) is 0 Å². The van der Waals surface area contributed by atoms with Gasteiger partial charge in [0.1, 0.15) is 0 Å². The van der Waals surface area contributed by atoms with Gasteiger partial charge in [0.2, 0.25) is 0 Å². The van der Waals surface area contributed by atoms with Gasteiger partial charge in [-0.2, -0.15) is 0 Å². The van der Waals surface area contributed by atoms with Gasteiger partial charge in [-0.25, -0.2) is 0 Å². The zero-order valence-electron chi connectivity index (χ0n) is 7.88. The van der Waals surface area contributed by atoms with Crippen LogP contribution in [-0.4, -0.2) is 37.6 Å². The minimum Gasteiger partial charge on any atom is -0.468 e. The SMILES string of the molecule is CCN(CC(=O)OC)CC1CC1. The molecule has 0 spiro atoms. The summed E-state index contributed by atoms with van der Waals surface area (Å²) in [5.41, 5.74) is 0. The summed E-state index contributed by atoms with van der Waals surface area (Å²) in [6.07, 6.45) is 2.66. The van der Waals surface area contributed by atoms with Crippen LogP contribution in [0.5, 0.6) is 0 Å². The highest BCUT2D eigenvalue weighted by atomic mass is 16.5. The highest BCUT2D eigenvalue weighted by Crippen LogP contribution is 2.29. The van der Waals surface area contributed by atoms with E-state index in [1.807, 2.05) is 0 Å². The number of methoxy groups -OCH3 is 1. The van der Waals surface area contributed by atoms with Gasteiger partial charge >= 0.3 is 5.97 Å². The number of nitrogens with zero attached hydrogens (tertiary/aromatic N) is 1. The largest absolute Gasteiger partial charge is 0.468 e. The molecule has 1 rings (SSSR count). The van der Waals surface area contributed by atoms with Crippen LogP contribution in [0.25, 0.3) is 0 Å². The first-order valence-electron chi connectivity index (χ1n) is 4.55. The molecule has 70 valence electrons. The molecule has 0 aromatic rings. The molecule has 3 nitrogen and oxygen atoms in total. The summed E-state index contributed by atoms with van der Waals surface area (Å²) >= 11 is 0. The third kappa shape index (κ3) is 3.22. The van der Waals surface area contributed by atoms with Crippen LogP contribution >= 0.6 is 0 Å². The number of hydrogen-bond acceptors (Lipinski definition) is 3. The maximum atomic E-state index is 10.9. The fourth-order valence-electron chi connectivity index (χ4n) is 1.22. The summed E-state index contributed by atoms with van der Waals surface area (Å²) in [6.45, 7) is 4.52. The van der Waals surface area contributed by atoms with Gasteiger partial charge in [0.25, 0.3) is 0 Å². The van der Waals surface area contributed by atoms with Crippen LogP contribution in [0.2, 0.25) is 0 Å². The lowest BCUT2D eigenvalue weighted by Gasteiger charge is -2.17. The fraction of sp³-hybridized carbons (Fsp3) is 0.889. The summed E-state index contributed by atoms with van der Waals surface area (Å²) in [7, 11) is 1.44. The standard InChI is InChI=1S/C9H17NO2/c1-3-10(6-8-4-5-8)7-9(11)12-2/h8H,3-7H2,1-2H3. The molecule has 1 aliphatic rings. The van der Waals surface area contributed by atoms with Crippen LogP contribution in [0.3, 0.4) is 0 Å². The highest BCUT2D eigenvalue weighted by Gasteiger charge is 2.24. The van der Waals surface area contributed by atoms with E-state index in [0.29, 0.717) is 6.54 Å². The summed E-state index contributed by atoms with van der Waals surface area (Å²) in [4.78, 5) is 13.1. The third-order valence-electron chi connectivity index (χ3n) is 2.24. The smallest absolute Gasteiger partial charge is 0.319 e. The minimum absolute atomic E-state index is 0.127. The van der Waals surface area contributed by atoms with E-state index in [1.165, 1.54) is 20.0 Å². The Morgan fingerprint density at radius 3 is 2.67 bits per heavy atom. The Morgan fingerprint density at radius 2 is 2.25 bits per heavy atom. The topological polar surface area (TPSA) is 29.5 Å². The second-order valence-electron chi connectivity index (χ2n) is 3.35. The molecule has 12 heavy (non-hydrogen) atoms. The van der Waals surface area contributed by atoms with Gasteiger partial charge in [-0.3, -0.25) is 9.69 Å². The van der Waals surface area contributed by atoms with Crippen LogP contribution in [0, 0.1) is 5.92 Å². The lowest BCUT2D eigenvalue weighted by Crippen LogP contribution is -2.32. The number of esters is 1. The van der Waals surface area contributed by atoms with Gasteiger partial charge in [0.15, 0.2) is 0 Å². The number of carbonyl (C=O) groups excluding carboxylic acids is 1. The van der Waals surface area contributed by atoms with E-state index in [0.717, 1.165) is 19.0 Å². The number of ether oxygens (including phenoxy) is 1. The highest BCUT2D eigenvalue weighted by molar-refractivity contribution is 5.71. The average molecular weight is 171 g/mol. The second kappa shape index (κ2) is 4.45. The first-order chi connectivity index (χ1) is 5.76. The number of hydrogen-bond donors (Lipinski definition) is 0. The lowest BCUT2D eigenvalue weighted by molar-refractivity contribution is -0.141. The van der Waals surface area contributed by atoms with Crippen LogP contribution in [-0.2, 0) is 9.53 Å². The zero-order valence-corrected chi connectivity index (χ0v) is 7.88. The number of likely N-dealkylation sites (N-methyl/N-ethyl adjacent to an activating group) is 1. The molecular weight excluding hydrogens is 154 g/mol. The van der Waals surface area contributed by atoms with Gasteiger partial charge < -0.3 is 4.74 Å². The molecule has 1 fully saturated rings. The van der Waals surface area contributed by atoms with E-state index >= 15 is 0 Å². The third-order valence-corrected chi connectivity index (χ3v) is 2.24. The first-order valence-corrected chi connectivity index (χ1v) is 4.55. The van der Waals surface area contributed by atoms with E-state index in [4.69, 9.17) is 0 Å². The van der Waals surface area contributed by atoms with Crippen molar-refractivity contribution in [3.63, 3.8) is 0 Å². The van der Waals surface area contributed by atoms with E-state index in [9.17, 15) is 4.79 Å². The first kappa shape index (κ1) is 9.52. The molecule has 0 saturated heterocycles. The predicted octanol–water partition coefficient (Wildman–Crippen LogP) is 0.891. The van der Waals surface area contributed by atoms with Crippen LogP contribution < -0.4 is 0 Å². The molecule has 0 atom stereocenters. The molecule has 0 bridgehead atoms. The van der Waals surface area contributed by atoms with Crippen LogP contribution in [0.1, 0.15) is 19.8 Å². The van der Waals surface area contributed by atoms with Gasteiger partial charge in [0, 0.05) is 6.54 Å². The van der Waals surface area contributed by atoms with E-state index in [1.54, 1.807) is 0 Å². The summed E-state index contributed by atoms with van der Waals surface area (Å²) in [5, 5.41) is 0. The molecule has 0 N–H and O–H groups in total. The molecule has 0 amide bonds. The van der Waals surface area contributed by atoms with E-state index < -0.39 is 0 Å². The monoisotopic (exact) mass is 171 g/mol. The normalized spacial score (nSPS) is 16.6. The van der Waals surface area contributed by atoms with Crippen molar-refractivity contribution in [2.45, 2.75) is 19.8 Å². The van der Waals surface area contributed by atoms with Crippen molar-refractivity contribution in [3.8, 4) is 0 Å². The quantitative estimate of drug-likeness (QED) is 0.575. The Labute approximate surface area is 73.7 Å².